The van der Waals surface area contributed by atoms with Crippen molar-refractivity contribution in [2.75, 3.05) is 39.1 Å². The van der Waals surface area contributed by atoms with Crippen molar-refractivity contribution >= 4 is 21.6 Å². The van der Waals surface area contributed by atoms with Crippen LogP contribution >= 0.6 is 15.9 Å². The highest BCUT2D eigenvalue weighted by Crippen LogP contribution is 2.36. The van der Waals surface area contributed by atoms with Gasteiger partial charge in [0.15, 0.2) is 0 Å². The van der Waals surface area contributed by atoms with Crippen LogP contribution in [-0.4, -0.2) is 54.1 Å². The lowest BCUT2D eigenvalue weighted by molar-refractivity contribution is 0.0375. The molecule has 25 heavy (non-hydrogen) atoms. The van der Waals surface area contributed by atoms with E-state index in [2.05, 4.69) is 25.9 Å². The predicted octanol–water partition coefficient (Wildman–Crippen LogP) is 2.92. The summed E-state index contributed by atoms with van der Waals surface area (Å²) < 4.78 is 14.3. The smallest absolute Gasteiger partial charge is 0.128 e. The highest BCUT2D eigenvalue weighted by molar-refractivity contribution is 9.10. The van der Waals surface area contributed by atoms with E-state index in [4.69, 9.17) is 15.2 Å². The van der Waals surface area contributed by atoms with Gasteiger partial charge in [0.05, 0.1) is 22.5 Å². The van der Waals surface area contributed by atoms with Crippen LogP contribution in [0.25, 0.3) is 11.3 Å². The molecule has 0 atom stereocenters. The minimum absolute atomic E-state index is 0.406. The molecular weight excluding hydrogens is 384 g/mol. The lowest BCUT2D eigenvalue weighted by Crippen LogP contribution is -2.38. The van der Waals surface area contributed by atoms with Crippen LogP contribution in [0.4, 0.5) is 5.69 Å². The maximum Gasteiger partial charge on any atom is 0.128 e. The van der Waals surface area contributed by atoms with Gasteiger partial charge >= 0.3 is 0 Å². The van der Waals surface area contributed by atoms with Crippen molar-refractivity contribution in [2.24, 2.45) is 7.05 Å². The fourth-order valence-electron chi connectivity index (χ4n) is 3.23. The Bertz CT molecular complexity index is 692. The molecule has 1 aliphatic heterocycles. The largest absolute Gasteiger partial charge is 0.492 e. The third kappa shape index (κ3) is 4.34. The Labute approximate surface area is 157 Å². The van der Waals surface area contributed by atoms with Crippen LogP contribution in [0.15, 0.2) is 28.9 Å². The number of halogens is 1. The van der Waals surface area contributed by atoms with Gasteiger partial charge in [-0.2, -0.15) is 5.10 Å². The number of hydrogen-bond donors (Lipinski definition) is 1. The monoisotopic (exact) mass is 408 g/mol. The molecule has 2 heterocycles. The fraction of sp³-hybridized carbons (Fsp3) is 0.500. The minimum atomic E-state index is 0.406. The number of rotatable bonds is 6. The summed E-state index contributed by atoms with van der Waals surface area (Å²) in [5, 5.41) is 4.29. The summed E-state index contributed by atoms with van der Waals surface area (Å²) in [5.74, 6) is 0.824. The molecule has 6 nitrogen and oxygen atoms in total. The molecule has 0 bridgehead atoms. The molecule has 0 spiro atoms. The van der Waals surface area contributed by atoms with Gasteiger partial charge in [0.25, 0.3) is 0 Å². The van der Waals surface area contributed by atoms with Crippen molar-refractivity contribution < 1.29 is 9.47 Å². The third-order valence-electron chi connectivity index (χ3n) is 4.69. The minimum Gasteiger partial charge on any atom is -0.492 e. The highest BCUT2D eigenvalue weighted by Gasteiger charge is 2.19. The van der Waals surface area contributed by atoms with Gasteiger partial charge in [0.1, 0.15) is 12.4 Å². The molecule has 0 radical (unpaired) electrons. The summed E-state index contributed by atoms with van der Waals surface area (Å²) in [6.45, 7) is 3.67. The zero-order valence-electron chi connectivity index (χ0n) is 14.7. The molecular formula is C18H25BrN4O2. The Morgan fingerprint density at radius 3 is 2.72 bits per heavy atom. The lowest BCUT2D eigenvalue weighted by Gasteiger charge is -2.31. The second-order valence-corrected chi connectivity index (χ2v) is 7.20. The van der Waals surface area contributed by atoms with Crippen LogP contribution in [0, 0.1) is 0 Å². The van der Waals surface area contributed by atoms with Gasteiger partial charge in [-0.25, -0.2) is 0 Å². The first-order chi connectivity index (χ1) is 12.1. The number of nitrogens with two attached hydrogens (primary N) is 1. The Balaban J connectivity index is 1.65. The predicted molar refractivity (Wildman–Crippen MR) is 103 cm³/mol. The Morgan fingerprint density at radius 2 is 2.08 bits per heavy atom. The summed E-state index contributed by atoms with van der Waals surface area (Å²) in [5.41, 5.74) is 8.60. The van der Waals surface area contributed by atoms with E-state index in [1.807, 2.05) is 29.9 Å². The lowest BCUT2D eigenvalue weighted by atomic mass is 10.1. The van der Waals surface area contributed by atoms with Crippen molar-refractivity contribution in [3.05, 3.63) is 28.9 Å². The van der Waals surface area contributed by atoms with Gasteiger partial charge < -0.3 is 15.2 Å². The summed E-state index contributed by atoms with van der Waals surface area (Å²) in [4.78, 5) is 2.42. The molecule has 1 fully saturated rings. The van der Waals surface area contributed by atoms with E-state index in [-0.39, 0.29) is 0 Å². The second kappa shape index (κ2) is 8.21. The number of methoxy groups -OCH3 is 1. The molecule has 2 aromatic rings. The Hall–Kier alpha value is -1.57. The first-order valence-electron chi connectivity index (χ1n) is 8.54. The van der Waals surface area contributed by atoms with E-state index >= 15 is 0 Å². The first kappa shape index (κ1) is 18.2. The number of ether oxygens (including phenoxy) is 2. The third-order valence-corrected chi connectivity index (χ3v) is 5.27. The molecule has 0 amide bonds. The van der Waals surface area contributed by atoms with E-state index in [0.717, 1.165) is 54.0 Å². The van der Waals surface area contributed by atoms with Crippen LogP contribution in [0.2, 0.25) is 0 Å². The number of likely N-dealkylation sites (tertiary alicyclic amines) is 1. The van der Waals surface area contributed by atoms with Crippen molar-refractivity contribution in [1.29, 1.82) is 0 Å². The topological polar surface area (TPSA) is 65.5 Å². The zero-order valence-corrected chi connectivity index (χ0v) is 16.3. The fourth-order valence-corrected chi connectivity index (χ4v) is 3.79. The average Bonchev–Trinajstić information content (AvgIpc) is 2.95. The van der Waals surface area contributed by atoms with Crippen LogP contribution in [0.5, 0.6) is 5.75 Å². The van der Waals surface area contributed by atoms with Crippen molar-refractivity contribution in [3.8, 4) is 17.0 Å². The van der Waals surface area contributed by atoms with E-state index in [0.29, 0.717) is 18.4 Å². The van der Waals surface area contributed by atoms with Crippen LogP contribution in [0.1, 0.15) is 12.8 Å². The molecule has 0 aliphatic carbocycles. The normalized spacial score (nSPS) is 16.3. The number of nitrogen functional groups attached to an aromatic ring is 1. The Kier molecular flexibility index (Phi) is 5.98. The number of hydrogen-bond acceptors (Lipinski definition) is 5. The van der Waals surface area contributed by atoms with Crippen LogP contribution in [0.3, 0.4) is 0 Å². The van der Waals surface area contributed by atoms with E-state index in [1.54, 1.807) is 13.3 Å². The molecule has 1 aliphatic rings. The molecule has 1 saturated heterocycles. The molecule has 3 rings (SSSR count). The molecule has 1 aromatic carbocycles. The van der Waals surface area contributed by atoms with Crippen LogP contribution < -0.4 is 10.5 Å². The van der Waals surface area contributed by atoms with Gasteiger partial charge in [-0.15, -0.1) is 0 Å². The van der Waals surface area contributed by atoms with Crippen molar-refractivity contribution in [3.63, 3.8) is 0 Å². The van der Waals surface area contributed by atoms with E-state index in [1.165, 1.54) is 0 Å². The quantitative estimate of drug-likeness (QED) is 0.744. The van der Waals surface area contributed by atoms with Crippen molar-refractivity contribution in [2.45, 2.75) is 18.9 Å². The molecule has 7 heteroatoms. The number of aromatic nitrogens is 2. The number of aryl methyl sites for hydroxylation is 1. The van der Waals surface area contributed by atoms with Crippen molar-refractivity contribution in [1.82, 2.24) is 14.7 Å². The van der Waals surface area contributed by atoms with Gasteiger partial charge in [0.2, 0.25) is 0 Å². The highest BCUT2D eigenvalue weighted by atomic mass is 79.9. The number of benzene rings is 1. The Morgan fingerprint density at radius 1 is 1.32 bits per heavy atom. The molecule has 0 saturated carbocycles. The molecule has 136 valence electrons. The maximum atomic E-state index is 6.09. The molecule has 0 unspecified atom stereocenters. The van der Waals surface area contributed by atoms with E-state index in [9.17, 15) is 0 Å². The molecule has 1 aromatic heterocycles. The van der Waals surface area contributed by atoms with Gasteiger partial charge in [-0.1, -0.05) is 0 Å². The number of nitrogens with zero attached hydrogens (tertiary/aromatic N) is 3. The summed E-state index contributed by atoms with van der Waals surface area (Å²) in [7, 11) is 3.70. The van der Waals surface area contributed by atoms with Gasteiger partial charge in [0, 0.05) is 45.0 Å². The number of piperidine rings is 1. The van der Waals surface area contributed by atoms with E-state index < -0.39 is 0 Å². The summed E-state index contributed by atoms with van der Waals surface area (Å²) >= 11 is 3.56. The van der Waals surface area contributed by atoms with Gasteiger partial charge in [-0.3, -0.25) is 9.58 Å². The first-order valence-corrected chi connectivity index (χ1v) is 9.33. The SMILES string of the molecule is COC1CCN(CCOc2ccc(N)cc2-c2c(Br)cnn2C)CC1. The summed E-state index contributed by atoms with van der Waals surface area (Å²) in [6.07, 6.45) is 4.36. The average molecular weight is 409 g/mol. The standard InChI is InChI=1S/C18H25BrN4O2/c1-22-18(16(19)12-21-22)15-11-13(20)3-4-17(15)25-10-9-23-7-5-14(24-2)6-8-23/h3-4,11-12,14H,5-10,20H2,1-2H3. The number of anilines is 1. The second-order valence-electron chi connectivity index (χ2n) is 6.35. The maximum absolute atomic E-state index is 6.09. The summed E-state index contributed by atoms with van der Waals surface area (Å²) in [6, 6.07) is 5.73. The van der Waals surface area contributed by atoms with Gasteiger partial charge in [-0.05, 0) is 47.0 Å². The zero-order chi connectivity index (χ0) is 17.8. The molecule has 2 N–H and O–H groups in total. The van der Waals surface area contributed by atoms with Crippen LogP contribution in [-0.2, 0) is 11.8 Å².